The molecule has 0 atom stereocenters. The Labute approximate surface area is 162 Å². The van der Waals surface area contributed by atoms with E-state index >= 15 is 0 Å². The molecule has 1 amide bonds. The number of nitrogens with zero attached hydrogens (tertiary/aromatic N) is 2. The van der Waals surface area contributed by atoms with E-state index in [1.165, 1.54) is 25.1 Å². The molecule has 0 aromatic heterocycles. The number of aromatic carboxylic acids is 1. The van der Waals surface area contributed by atoms with Gasteiger partial charge in [-0.3, -0.25) is 9.59 Å². The fourth-order valence-corrected chi connectivity index (χ4v) is 3.23. The summed E-state index contributed by atoms with van der Waals surface area (Å²) in [6, 6.07) is 10.7. The van der Waals surface area contributed by atoms with E-state index in [1.807, 2.05) is 4.90 Å². The topological polar surface area (TPSA) is 77.9 Å². The molecule has 0 aliphatic carbocycles. The van der Waals surface area contributed by atoms with Gasteiger partial charge in [0, 0.05) is 31.7 Å². The van der Waals surface area contributed by atoms with Crippen LogP contribution in [0.15, 0.2) is 42.5 Å². The summed E-state index contributed by atoms with van der Waals surface area (Å²) >= 11 is 0. The summed E-state index contributed by atoms with van der Waals surface area (Å²) in [4.78, 5) is 38.3. The smallest absolute Gasteiger partial charge is 0.335 e. The molecule has 2 aromatic carbocycles. The Morgan fingerprint density at radius 3 is 2.11 bits per heavy atom. The number of hydrogen-bond donors (Lipinski definition) is 1. The van der Waals surface area contributed by atoms with Crippen LogP contribution in [0.1, 0.15) is 33.2 Å². The molecule has 1 N–H and O–H groups in total. The van der Waals surface area contributed by atoms with Gasteiger partial charge in [-0.15, -0.1) is 0 Å². The first-order valence-corrected chi connectivity index (χ1v) is 9.00. The average molecular weight is 384 g/mol. The molecule has 0 bridgehead atoms. The van der Waals surface area contributed by atoms with Crippen molar-refractivity contribution in [3.05, 3.63) is 65.0 Å². The van der Waals surface area contributed by atoms with Crippen LogP contribution in [0.4, 0.5) is 10.1 Å². The number of piperazine rings is 1. The van der Waals surface area contributed by atoms with E-state index in [4.69, 9.17) is 5.11 Å². The number of benzene rings is 2. The molecule has 0 radical (unpaired) electrons. The SMILES string of the molecule is CC(=O)c1ccc(N2CCN(C(=O)Cc3ccc(C(=O)O)cc3)CC2)c(F)c1. The molecular formula is C21H21FN2O4. The molecule has 7 heteroatoms. The lowest BCUT2D eigenvalue weighted by Gasteiger charge is -2.36. The zero-order chi connectivity index (χ0) is 20.3. The summed E-state index contributed by atoms with van der Waals surface area (Å²) in [5.74, 6) is -1.67. The maximum atomic E-state index is 14.3. The first-order valence-electron chi connectivity index (χ1n) is 9.00. The number of anilines is 1. The third kappa shape index (κ3) is 4.36. The minimum Gasteiger partial charge on any atom is -0.478 e. The lowest BCUT2D eigenvalue weighted by molar-refractivity contribution is -0.130. The van der Waals surface area contributed by atoms with Crippen LogP contribution in [0.2, 0.25) is 0 Å². The van der Waals surface area contributed by atoms with E-state index in [2.05, 4.69) is 0 Å². The van der Waals surface area contributed by atoms with Gasteiger partial charge < -0.3 is 14.9 Å². The quantitative estimate of drug-likeness (QED) is 0.802. The van der Waals surface area contributed by atoms with Crippen molar-refractivity contribution in [3.8, 4) is 0 Å². The summed E-state index contributed by atoms with van der Waals surface area (Å²) in [7, 11) is 0. The Morgan fingerprint density at radius 2 is 1.57 bits per heavy atom. The van der Waals surface area contributed by atoms with Gasteiger partial charge in [-0.25, -0.2) is 9.18 Å². The van der Waals surface area contributed by atoms with E-state index < -0.39 is 11.8 Å². The Bertz CT molecular complexity index is 903. The van der Waals surface area contributed by atoms with Crippen LogP contribution >= 0.6 is 0 Å². The highest BCUT2D eigenvalue weighted by Gasteiger charge is 2.23. The second kappa shape index (κ2) is 8.21. The molecule has 0 saturated carbocycles. The molecule has 146 valence electrons. The van der Waals surface area contributed by atoms with E-state index in [0.29, 0.717) is 37.4 Å². The van der Waals surface area contributed by atoms with Crippen LogP contribution in [0.5, 0.6) is 0 Å². The van der Waals surface area contributed by atoms with Gasteiger partial charge in [-0.05, 0) is 42.8 Å². The van der Waals surface area contributed by atoms with Gasteiger partial charge in [0.1, 0.15) is 5.82 Å². The van der Waals surface area contributed by atoms with E-state index in [1.54, 1.807) is 29.2 Å². The van der Waals surface area contributed by atoms with Gasteiger partial charge in [-0.2, -0.15) is 0 Å². The second-order valence-corrected chi connectivity index (χ2v) is 6.77. The number of hydrogen-bond acceptors (Lipinski definition) is 4. The second-order valence-electron chi connectivity index (χ2n) is 6.77. The summed E-state index contributed by atoms with van der Waals surface area (Å²) in [5.41, 5.74) is 1.70. The maximum absolute atomic E-state index is 14.3. The first kappa shape index (κ1) is 19.5. The molecule has 3 rings (SSSR count). The fourth-order valence-electron chi connectivity index (χ4n) is 3.23. The molecule has 0 spiro atoms. The predicted octanol–water partition coefficient (Wildman–Crippen LogP) is 2.62. The number of halogens is 1. The molecule has 1 heterocycles. The highest BCUT2D eigenvalue weighted by Crippen LogP contribution is 2.22. The summed E-state index contributed by atoms with van der Waals surface area (Å²) in [6.07, 6.45) is 0.196. The zero-order valence-electron chi connectivity index (χ0n) is 15.5. The number of carbonyl (C=O) groups is 3. The number of Topliss-reactive ketones (excluding diaryl/α,β-unsaturated/α-hetero) is 1. The van der Waals surface area contributed by atoms with Crippen molar-refractivity contribution in [3.63, 3.8) is 0 Å². The van der Waals surface area contributed by atoms with Crippen molar-refractivity contribution in [2.24, 2.45) is 0 Å². The van der Waals surface area contributed by atoms with Crippen molar-refractivity contribution in [1.29, 1.82) is 0 Å². The van der Waals surface area contributed by atoms with Crippen molar-refractivity contribution in [1.82, 2.24) is 4.90 Å². The van der Waals surface area contributed by atoms with Crippen molar-refractivity contribution >= 4 is 23.3 Å². The number of carbonyl (C=O) groups excluding carboxylic acids is 2. The van der Waals surface area contributed by atoms with Gasteiger partial charge in [0.15, 0.2) is 5.78 Å². The van der Waals surface area contributed by atoms with Crippen LogP contribution in [-0.4, -0.2) is 53.8 Å². The van der Waals surface area contributed by atoms with Gasteiger partial charge >= 0.3 is 5.97 Å². The molecule has 6 nitrogen and oxygen atoms in total. The third-order valence-electron chi connectivity index (χ3n) is 4.88. The van der Waals surface area contributed by atoms with Crippen LogP contribution in [0, 0.1) is 5.82 Å². The molecule has 28 heavy (non-hydrogen) atoms. The van der Waals surface area contributed by atoms with E-state index in [9.17, 15) is 18.8 Å². The molecule has 0 unspecified atom stereocenters. The van der Waals surface area contributed by atoms with Crippen LogP contribution in [0.3, 0.4) is 0 Å². The Kier molecular flexibility index (Phi) is 5.73. The Morgan fingerprint density at radius 1 is 0.964 bits per heavy atom. The predicted molar refractivity (Wildman–Crippen MR) is 102 cm³/mol. The van der Waals surface area contributed by atoms with Crippen molar-refractivity contribution in [2.45, 2.75) is 13.3 Å². The van der Waals surface area contributed by atoms with Crippen molar-refractivity contribution in [2.75, 3.05) is 31.1 Å². The molecule has 1 fully saturated rings. The Hall–Kier alpha value is -3.22. The maximum Gasteiger partial charge on any atom is 0.335 e. The van der Waals surface area contributed by atoms with Crippen LogP contribution in [-0.2, 0) is 11.2 Å². The number of carboxylic acids is 1. The highest BCUT2D eigenvalue weighted by atomic mass is 19.1. The number of ketones is 1. The minimum absolute atomic E-state index is 0.0462. The Balaban J connectivity index is 1.58. The van der Waals surface area contributed by atoms with Crippen LogP contribution < -0.4 is 4.90 Å². The minimum atomic E-state index is -1.00. The molecule has 1 saturated heterocycles. The van der Waals surface area contributed by atoms with Gasteiger partial charge in [-0.1, -0.05) is 12.1 Å². The summed E-state index contributed by atoms with van der Waals surface area (Å²) < 4.78 is 14.3. The third-order valence-corrected chi connectivity index (χ3v) is 4.88. The van der Waals surface area contributed by atoms with E-state index in [-0.39, 0.29) is 23.7 Å². The lowest BCUT2D eigenvalue weighted by Crippen LogP contribution is -2.49. The molecule has 2 aromatic rings. The zero-order valence-corrected chi connectivity index (χ0v) is 15.5. The normalized spacial score (nSPS) is 14.1. The van der Waals surface area contributed by atoms with E-state index in [0.717, 1.165) is 5.56 Å². The number of carboxylic acid groups (broad SMARTS) is 1. The van der Waals surface area contributed by atoms with Gasteiger partial charge in [0.25, 0.3) is 0 Å². The monoisotopic (exact) mass is 384 g/mol. The molecular weight excluding hydrogens is 363 g/mol. The fraction of sp³-hybridized carbons (Fsp3) is 0.286. The largest absolute Gasteiger partial charge is 0.478 e. The number of rotatable bonds is 5. The standard InChI is InChI=1S/C21H21FN2O4/c1-14(25)17-6-7-19(18(22)13-17)23-8-10-24(11-9-23)20(26)12-15-2-4-16(5-3-15)21(27)28/h2-7,13H,8-12H2,1H3,(H,27,28). The molecule has 1 aliphatic heterocycles. The van der Waals surface area contributed by atoms with Gasteiger partial charge in [0.05, 0.1) is 17.7 Å². The van der Waals surface area contributed by atoms with Gasteiger partial charge in [0.2, 0.25) is 5.91 Å². The lowest BCUT2D eigenvalue weighted by atomic mass is 10.1. The first-order chi connectivity index (χ1) is 13.3. The summed E-state index contributed by atoms with van der Waals surface area (Å²) in [5, 5.41) is 8.92. The average Bonchev–Trinajstić information content (AvgIpc) is 2.68. The number of amides is 1. The molecule has 1 aliphatic rings. The van der Waals surface area contributed by atoms with Crippen LogP contribution in [0.25, 0.3) is 0 Å². The van der Waals surface area contributed by atoms with Crippen molar-refractivity contribution < 1.29 is 23.9 Å². The summed E-state index contributed by atoms with van der Waals surface area (Å²) in [6.45, 7) is 3.34. The highest BCUT2D eigenvalue weighted by molar-refractivity contribution is 5.94.